The molecular weight excluding hydrogens is 240 g/mol. The summed E-state index contributed by atoms with van der Waals surface area (Å²) in [6.07, 6.45) is 1.74. The second-order valence-corrected chi connectivity index (χ2v) is 4.46. The first-order chi connectivity index (χ1) is 8.45. The molecule has 1 saturated heterocycles. The number of cyclic esters (lactones) is 2. The molecule has 0 radical (unpaired) electrons. The highest BCUT2D eigenvalue weighted by Gasteiger charge is 2.41. The fourth-order valence-electron chi connectivity index (χ4n) is 1.80. The van der Waals surface area contributed by atoms with Gasteiger partial charge in [0.2, 0.25) is 0 Å². The third-order valence-corrected chi connectivity index (χ3v) is 2.77. The predicted molar refractivity (Wildman–Crippen MR) is 61.1 cm³/mol. The lowest BCUT2D eigenvalue weighted by Gasteiger charge is -2.29. The summed E-state index contributed by atoms with van der Waals surface area (Å²) < 4.78 is 9.55. The van der Waals surface area contributed by atoms with E-state index in [0.717, 1.165) is 0 Å². The summed E-state index contributed by atoms with van der Waals surface area (Å²) in [5.41, 5.74) is 0. The first-order valence-corrected chi connectivity index (χ1v) is 6.31. The maximum atomic E-state index is 11.5. The van der Waals surface area contributed by atoms with Gasteiger partial charge in [-0.2, -0.15) is 0 Å². The van der Waals surface area contributed by atoms with Gasteiger partial charge in [-0.3, -0.25) is 9.59 Å². The summed E-state index contributed by atoms with van der Waals surface area (Å²) in [5, 5.41) is 19.4. The van der Waals surface area contributed by atoms with Crippen LogP contribution >= 0.6 is 0 Å². The molecule has 1 unspecified atom stereocenters. The molecule has 1 aliphatic rings. The molecule has 0 aromatic carbocycles. The molecule has 1 rings (SSSR count). The van der Waals surface area contributed by atoms with Crippen LogP contribution < -0.4 is 0 Å². The molecule has 18 heavy (non-hydrogen) atoms. The maximum Gasteiger partial charge on any atom is 0.363 e. The average molecular weight is 260 g/mol. The molecule has 0 bridgehead atoms. The maximum absolute atomic E-state index is 11.5. The van der Waals surface area contributed by atoms with Crippen molar-refractivity contribution in [3.63, 3.8) is 0 Å². The normalized spacial score (nSPS) is 25.8. The molecule has 1 heterocycles. The monoisotopic (exact) mass is 260 g/mol. The molecule has 104 valence electrons. The Balaban J connectivity index is 2.79. The van der Waals surface area contributed by atoms with Crippen LogP contribution in [-0.2, 0) is 19.1 Å². The first-order valence-electron chi connectivity index (χ1n) is 6.31. The van der Waals surface area contributed by atoms with Gasteiger partial charge >= 0.3 is 17.9 Å². The molecule has 0 aromatic rings. The molecule has 0 aliphatic carbocycles. The van der Waals surface area contributed by atoms with Crippen LogP contribution in [0.25, 0.3) is 0 Å². The molecule has 0 spiro atoms. The lowest BCUT2D eigenvalue weighted by Crippen LogP contribution is -2.48. The number of aliphatic hydroxyl groups is 2. The number of hydrogen-bond acceptors (Lipinski definition) is 6. The van der Waals surface area contributed by atoms with E-state index in [1.807, 2.05) is 0 Å². The van der Waals surface area contributed by atoms with Crippen molar-refractivity contribution in [3.05, 3.63) is 0 Å². The van der Waals surface area contributed by atoms with Gasteiger partial charge in [0.15, 0.2) is 6.10 Å². The van der Waals surface area contributed by atoms with Crippen LogP contribution in [0.2, 0.25) is 0 Å². The number of esters is 2. The van der Waals surface area contributed by atoms with Crippen LogP contribution in [0.4, 0.5) is 0 Å². The average Bonchev–Trinajstić information content (AvgIpc) is 2.28. The fraction of sp³-hybridized carbons (Fsp3) is 0.833. The fourth-order valence-corrected chi connectivity index (χ4v) is 1.80. The summed E-state index contributed by atoms with van der Waals surface area (Å²) in [5.74, 6) is -3.94. The van der Waals surface area contributed by atoms with Crippen LogP contribution in [-0.4, -0.2) is 34.2 Å². The highest BCUT2D eigenvalue weighted by atomic mass is 16.8. The number of hydrogen-bond donors (Lipinski definition) is 2. The number of carbonyl (C=O) groups excluding carboxylic acids is 2. The molecule has 1 fully saturated rings. The van der Waals surface area contributed by atoms with Crippen LogP contribution in [0.3, 0.4) is 0 Å². The highest BCUT2D eigenvalue weighted by Crippen LogP contribution is 2.21. The minimum absolute atomic E-state index is 0.107. The Morgan fingerprint density at radius 2 is 1.78 bits per heavy atom. The Morgan fingerprint density at radius 3 is 2.39 bits per heavy atom. The number of ether oxygens (including phenoxy) is 2. The Labute approximate surface area is 106 Å². The van der Waals surface area contributed by atoms with Crippen molar-refractivity contribution in [1.82, 2.24) is 0 Å². The largest absolute Gasteiger partial charge is 0.452 e. The first kappa shape index (κ1) is 14.9. The summed E-state index contributed by atoms with van der Waals surface area (Å²) >= 11 is 0. The smallest absolute Gasteiger partial charge is 0.363 e. The second-order valence-electron chi connectivity index (χ2n) is 4.46. The van der Waals surface area contributed by atoms with Gasteiger partial charge in [-0.25, -0.2) is 0 Å². The molecule has 6 heteroatoms. The third kappa shape index (κ3) is 4.62. The van der Waals surface area contributed by atoms with Crippen molar-refractivity contribution < 1.29 is 29.3 Å². The zero-order valence-electron chi connectivity index (χ0n) is 10.6. The van der Waals surface area contributed by atoms with Crippen LogP contribution in [0.15, 0.2) is 0 Å². The van der Waals surface area contributed by atoms with E-state index in [1.54, 1.807) is 6.92 Å². The van der Waals surface area contributed by atoms with Crippen LogP contribution in [0, 0.1) is 0 Å². The summed E-state index contributed by atoms with van der Waals surface area (Å²) in [6.45, 7) is 1.80. The minimum Gasteiger partial charge on any atom is -0.452 e. The molecular formula is C12H20O6. The van der Waals surface area contributed by atoms with Crippen molar-refractivity contribution in [1.29, 1.82) is 0 Å². The van der Waals surface area contributed by atoms with E-state index < -0.39 is 24.0 Å². The van der Waals surface area contributed by atoms with Crippen molar-refractivity contribution in [3.8, 4) is 0 Å². The second kappa shape index (κ2) is 6.70. The van der Waals surface area contributed by atoms with Gasteiger partial charge in [0.05, 0.1) is 0 Å². The molecule has 6 nitrogen and oxygen atoms in total. The molecule has 0 amide bonds. The molecule has 1 aliphatic heterocycles. The van der Waals surface area contributed by atoms with E-state index in [4.69, 9.17) is 4.74 Å². The third-order valence-electron chi connectivity index (χ3n) is 2.77. The van der Waals surface area contributed by atoms with Crippen molar-refractivity contribution in [2.45, 2.75) is 63.9 Å². The van der Waals surface area contributed by atoms with E-state index in [9.17, 15) is 19.8 Å². The molecule has 0 saturated carbocycles. The standard InChI is InChI=1S/C12H20O6/c1-2-6-9-12(15,16)18-11(14)8-5-3-4-7-10(13)17-9/h9,15-16H,2-8H2,1H3. The van der Waals surface area contributed by atoms with Gasteiger partial charge < -0.3 is 19.7 Å². The predicted octanol–water partition coefficient (Wildman–Crippen LogP) is 0.844. The van der Waals surface area contributed by atoms with Gasteiger partial charge in [-0.1, -0.05) is 19.8 Å². The van der Waals surface area contributed by atoms with Crippen molar-refractivity contribution >= 4 is 11.9 Å². The van der Waals surface area contributed by atoms with Gasteiger partial charge in [-0.15, -0.1) is 0 Å². The minimum atomic E-state index is -2.74. The quantitative estimate of drug-likeness (QED) is 0.564. The molecule has 2 N–H and O–H groups in total. The van der Waals surface area contributed by atoms with Crippen molar-refractivity contribution in [2.75, 3.05) is 0 Å². The summed E-state index contributed by atoms with van der Waals surface area (Å²) in [4.78, 5) is 22.9. The van der Waals surface area contributed by atoms with Gasteiger partial charge in [-0.05, 0) is 19.3 Å². The van der Waals surface area contributed by atoms with E-state index in [1.165, 1.54) is 0 Å². The van der Waals surface area contributed by atoms with Crippen molar-refractivity contribution in [2.24, 2.45) is 0 Å². The molecule has 1 atom stereocenters. The lowest BCUT2D eigenvalue weighted by atomic mass is 10.1. The lowest BCUT2D eigenvalue weighted by molar-refractivity contribution is -0.359. The zero-order valence-corrected chi connectivity index (χ0v) is 10.6. The number of carbonyl (C=O) groups is 2. The van der Waals surface area contributed by atoms with Crippen LogP contribution in [0.5, 0.6) is 0 Å². The Morgan fingerprint density at radius 1 is 1.17 bits per heavy atom. The zero-order chi connectivity index (χ0) is 13.6. The topological polar surface area (TPSA) is 93.1 Å². The SMILES string of the molecule is CCCC1OC(=O)CCCCCC(=O)OC1(O)O. The number of rotatable bonds is 2. The van der Waals surface area contributed by atoms with E-state index in [2.05, 4.69) is 4.74 Å². The summed E-state index contributed by atoms with van der Waals surface area (Å²) in [7, 11) is 0. The van der Waals surface area contributed by atoms with E-state index in [-0.39, 0.29) is 19.3 Å². The Bertz CT molecular complexity index is 299. The molecule has 0 aromatic heterocycles. The van der Waals surface area contributed by atoms with E-state index >= 15 is 0 Å². The summed E-state index contributed by atoms with van der Waals surface area (Å²) in [6, 6.07) is 0. The van der Waals surface area contributed by atoms with Gasteiger partial charge in [0, 0.05) is 12.8 Å². The van der Waals surface area contributed by atoms with Crippen LogP contribution in [0.1, 0.15) is 51.9 Å². The van der Waals surface area contributed by atoms with Gasteiger partial charge in [0.25, 0.3) is 0 Å². The Kier molecular flexibility index (Phi) is 5.55. The Hall–Kier alpha value is -1.14. The highest BCUT2D eigenvalue weighted by molar-refractivity contribution is 5.71. The van der Waals surface area contributed by atoms with E-state index in [0.29, 0.717) is 25.7 Å². The van der Waals surface area contributed by atoms with Gasteiger partial charge in [0.1, 0.15) is 0 Å².